The molecule has 3 heterocycles. The van der Waals surface area contributed by atoms with E-state index >= 15 is 0 Å². The van der Waals surface area contributed by atoms with Crippen molar-refractivity contribution in [3.63, 3.8) is 0 Å². The van der Waals surface area contributed by atoms with Gasteiger partial charge in [0.1, 0.15) is 0 Å². The second-order valence-electron chi connectivity index (χ2n) is 55.8. The largest absolute Gasteiger partial charge is 0.295 e. The van der Waals surface area contributed by atoms with E-state index in [1.807, 2.05) is 0 Å². The zero-order chi connectivity index (χ0) is 80.2. The first-order valence-corrected chi connectivity index (χ1v) is 56.4. The van der Waals surface area contributed by atoms with Crippen molar-refractivity contribution < 1.29 is 0 Å². The molecule has 0 bridgehead atoms. The molecule has 19 aliphatic carbocycles. The molecular weight excluding hydrogens is 1420 g/mol. The molecule has 0 aromatic heterocycles. The van der Waals surface area contributed by atoms with E-state index in [0.717, 1.165) is 256 Å². The molecule has 0 amide bonds. The van der Waals surface area contributed by atoms with Gasteiger partial charge in [-0.05, 0) is 384 Å². The molecule has 22 fully saturated rings. The van der Waals surface area contributed by atoms with E-state index < -0.39 is 0 Å². The van der Waals surface area contributed by atoms with Crippen molar-refractivity contribution in [2.45, 2.75) is 514 Å². The second-order valence-corrected chi connectivity index (χ2v) is 55.8. The van der Waals surface area contributed by atoms with Gasteiger partial charge in [-0.25, -0.2) is 0 Å². The van der Waals surface area contributed by atoms with Gasteiger partial charge < -0.3 is 0 Å². The van der Waals surface area contributed by atoms with Gasteiger partial charge in [-0.3, -0.25) is 14.7 Å². The van der Waals surface area contributed by atoms with Crippen LogP contribution in [0.4, 0.5) is 0 Å². The average Bonchev–Trinajstić information content (AvgIpc) is 0.808. The zero-order valence-electron chi connectivity index (χ0n) is 79.8. The molecule has 118 heavy (non-hydrogen) atoms. The maximum atomic E-state index is 4.10. The summed E-state index contributed by atoms with van der Waals surface area (Å²) in [4.78, 5) is 11.9. The number of nitrogens with zero attached hydrogens (tertiary/aromatic N) is 3. The van der Waals surface area contributed by atoms with E-state index in [4.69, 9.17) is 0 Å². The fourth-order valence-corrected chi connectivity index (χ4v) is 43.0. The molecule has 0 spiro atoms. The lowest BCUT2D eigenvalue weighted by Gasteiger charge is -2.73. The van der Waals surface area contributed by atoms with E-state index in [-0.39, 0.29) is 0 Å². The fraction of sp³-hybridized carbons (Fsp3) is 1.00. The maximum Gasteiger partial charge on any atom is 0.156 e. The van der Waals surface area contributed by atoms with Gasteiger partial charge in [0.2, 0.25) is 0 Å². The van der Waals surface area contributed by atoms with Crippen molar-refractivity contribution in [1.29, 1.82) is 0 Å². The lowest BCUT2D eigenvalue weighted by Crippen LogP contribution is -2.78. The smallest absolute Gasteiger partial charge is 0.156 e. The molecule has 34 unspecified atom stereocenters. The Balaban J connectivity index is 0.735. The molecule has 664 valence electrons. The Kier molecular flexibility index (Phi) is 23.4. The average molecular weight is 1610 g/mol. The lowest BCUT2D eigenvalue weighted by atomic mass is 9.18. The van der Waals surface area contributed by atoms with Gasteiger partial charge in [-0.15, -0.1) is 0 Å². The van der Waals surface area contributed by atoms with Crippen molar-refractivity contribution in [3.8, 4) is 0 Å². The summed E-state index contributed by atoms with van der Waals surface area (Å²) in [5, 5.41) is 0. The summed E-state index contributed by atoms with van der Waals surface area (Å²) in [6.07, 6.45) is 88.9. The van der Waals surface area contributed by atoms with Gasteiger partial charge in [0.15, 0.2) is 6.71 Å². The SMILES string of the molecule is CC(C)(C)C1CC2CCC3CC(C(C)(C)C)CC4C(C5CCC6B7C8CCC(C9CC%10CC(C(C)(C)C)CC%11CCC%12CC(C(C)(C)C)CC9C%12C%11%10)CC8N(C8C(C9CCCCC9)CCCC8C8CCCCC8)C8CC(N9C%10CCCCC%10C%10CCCCC%109)CC(C78)N(C7C(C8CCCCC8)CCCC7C7CCCCC7)C6C5)CC(C1)C2C34. The summed E-state index contributed by atoms with van der Waals surface area (Å²) in [5.74, 6) is 32.4. The molecule has 0 radical (unpaired) electrons. The van der Waals surface area contributed by atoms with Crippen LogP contribution >= 0.6 is 0 Å². The Labute approximate surface area is 730 Å². The topological polar surface area (TPSA) is 9.72 Å². The van der Waals surface area contributed by atoms with Gasteiger partial charge in [0.05, 0.1) is 0 Å². The van der Waals surface area contributed by atoms with Crippen molar-refractivity contribution >= 4 is 6.71 Å². The van der Waals surface area contributed by atoms with Gasteiger partial charge in [0.25, 0.3) is 0 Å². The summed E-state index contributed by atoms with van der Waals surface area (Å²) < 4.78 is 0. The van der Waals surface area contributed by atoms with Crippen LogP contribution < -0.4 is 0 Å². The standard InChI is InChI=1S/C114H190BN3/c1-111(2,3)81-55-75-47-49-77-57-83(113(7,8)9)65-94-92(61-79(59-81)104(75)106(77)94)73-51-53-96-100(63-73)117(109-86(69-31-17-13-18-32-69)41-29-42-87(109)70-33-19-14-20-34-70)102-67-85(116-98-45-27-25-39-90(98)91-40-26-28-46-99(91)116)68-103-108(102)115(96)97-54-52-74(64-101(97)118(103)110-88(71-35-21-15-22-36-71)43-30-44-89(110)72-37-23-16-24-38-72)93-62-80-60-82(112(4,5)6)56-76-48-50-78-58-84(114(10,11)12)66-95(93)107(78)105(76)80/h69-110H,13-68H2,1-12H3. The highest BCUT2D eigenvalue weighted by Gasteiger charge is 2.72. The monoisotopic (exact) mass is 1610 g/mol. The summed E-state index contributed by atoms with van der Waals surface area (Å²) in [6.45, 7) is 33.8. The third-order valence-electron chi connectivity index (χ3n) is 47.6. The minimum Gasteiger partial charge on any atom is -0.295 e. The van der Waals surface area contributed by atoms with Crippen LogP contribution in [0.25, 0.3) is 0 Å². The number of hydrogen-bond acceptors (Lipinski definition) is 3. The molecule has 22 rings (SSSR count). The summed E-state index contributed by atoms with van der Waals surface area (Å²) >= 11 is 0. The van der Waals surface area contributed by atoms with Crippen LogP contribution in [-0.2, 0) is 0 Å². The second kappa shape index (κ2) is 33.1. The molecular formula is C114H190BN3. The first-order valence-electron chi connectivity index (χ1n) is 56.4. The fourth-order valence-electron chi connectivity index (χ4n) is 43.0. The van der Waals surface area contributed by atoms with Crippen LogP contribution in [-0.4, -0.2) is 75.8 Å². The molecule has 0 N–H and O–H groups in total. The van der Waals surface area contributed by atoms with E-state index in [1.54, 1.807) is 321 Å². The Bertz CT molecular complexity index is 3090. The van der Waals surface area contributed by atoms with Gasteiger partial charge in [-0.1, -0.05) is 276 Å². The van der Waals surface area contributed by atoms with Crippen molar-refractivity contribution in [2.24, 2.45) is 199 Å². The van der Waals surface area contributed by atoms with Crippen LogP contribution in [0.2, 0.25) is 17.5 Å². The quantitative estimate of drug-likeness (QED) is 0.213. The van der Waals surface area contributed by atoms with E-state index in [2.05, 4.69) is 97.8 Å². The normalized spacial score (nSPS) is 51.6. The van der Waals surface area contributed by atoms with Crippen LogP contribution in [0.5, 0.6) is 0 Å². The molecule has 34 atom stereocenters. The minimum atomic E-state index is 0.425. The first-order chi connectivity index (χ1) is 57.1. The Morgan fingerprint density at radius 1 is 0.186 bits per heavy atom. The number of fused-ring (bicyclic) bond motifs is 7. The van der Waals surface area contributed by atoms with Gasteiger partial charge >= 0.3 is 0 Å². The first kappa shape index (κ1) is 83.6. The highest BCUT2D eigenvalue weighted by atomic mass is 15.3. The molecule has 3 nitrogen and oxygen atoms in total. The van der Waals surface area contributed by atoms with Crippen LogP contribution in [0.3, 0.4) is 0 Å². The van der Waals surface area contributed by atoms with Crippen LogP contribution in [0, 0.1) is 199 Å². The summed E-state index contributed by atoms with van der Waals surface area (Å²) in [7, 11) is 0. The molecule has 0 aromatic carbocycles. The van der Waals surface area contributed by atoms with Crippen molar-refractivity contribution in [3.05, 3.63) is 0 Å². The van der Waals surface area contributed by atoms with Crippen molar-refractivity contribution in [1.82, 2.24) is 14.7 Å². The number of likely N-dealkylation sites (tertiary alicyclic amines) is 1. The third-order valence-corrected chi connectivity index (χ3v) is 47.6. The molecule has 19 saturated carbocycles. The highest BCUT2D eigenvalue weighted by Crippen LogP contribution is 2.74. The highest BCUT2D eigenvalue weighted by molar-refractivity contribution is 6.65. The Morgan fingerprint density at radius 2 is 0.483 bits per heavy atom. The van der Waals surface area contributed by atoms with Gasteiger partial charge in [-0.2, -0.15) is 0 Å². The number of rotatable bonds is 9. The Hall–Kier alpha value is -0.0551. The van der Waals surface area contributed by atoms with E-state index in [9.17, 15) is 0 Å². The molecule has 4 heteroatoms. The third kappa shape index (κ3) is 14.8. The Morgan fingerprint density at radius 3 is 0.831 bits per heavy atom. The van der Waals surface area contributed by atoms with Crippen LogP contribution in [0.1, 0.15) is 443 Å². The molecule has 3 saturated heterocycles. The molecule has 22 aliphatic rings. The molecule has 0 aromatic rings. The molecule has 3 aliphatic heterocycles. The minimum absolute atomic E-state index is 0.425. The lowest BCUT2D eigenvalue weighted by molar-refractivity contribution is -0.162. The van der Waals surface area contributed by atoms with E-state index in [1.165, 1.54) is 38.5 Å². The van der Waals surface area contributed by atoms with Crippen LogP contribution in [0.15, 0.2) is 0 Å². The summed E-state index contributed by atoms with van der Waals surface area (Å²) in [5.41, 5.74) is 1.73. The predicted octanol–water partition coefficient (Wildman–Crippen LogP) is 30.6. The summed E-state index contributed by atoms with van der Waals surface area (Å²) in [6, 6.07) is 7.57. The van der Waals surface area contributed by atoms with Gasteiger partial charge in [0, 0.05) is 54.4 Å². The maximum absolute atomic E-state index is 4.10. The van der Waals surface area contributed by atoms with Crippen molar-refractivity contribution in [2.75, 3.05) is 0 Å². The number of hydrogen-bond donors (Lipinski definition) is 0. The van der Waals surface area contributed by atoms with E-state index in [0.29, 0.717) is 21.7 Å². The predicted molar refractivity (Wildman–Crippen MR) is 498 cm³/mol. The zero-order valence-corrected chi connectivity index (χ0v) is 79.8.